The molecule has 0 bridgehead atoms. The average molecular weight is 290 g/mol. The predicted molar refractivity (Wildman–Crippen MR) is 79.4 cm³/mol. The van der Waals surface area contributed by atoms with Crippen molar-refractivity contribution in [1.82, 2.24) is 0 Å². The minimum Gasteiger partial charge on any atom is -0.379 e. The highest BCUT2D eigenvalue weighted by Crippen LogP contribution is 2.25. The van der Waals surface area contributed by atoms with Crippen molar-refractivity contribution in [2.24, 2.45) is 0 Å². The second-order valence-corrected chi connectivity index (χ2v) is 6.28. The molecule has 106 valence electrons. The van der Waals surface area contributed by atoms with Crippen LogP contribution in [0.4, 0.5) is 0 Å². The van der Waals surface area contributed by atoms with E-state index in [0.717, 1.165) is 12.0 Å². The van der Waals surface area contributed by atoms with Crippen LogP contribution >= 0.6 is 0 Å². The monoisotopic (exact) mass is 290 g/mol. The molecule has 0 heterocycles. The molecule has 1 atom stereocenters. The molecule has 2 rings (SSSR count). The highest BCUT2D eigenvalue weighted by Gasteiger charge is 2.16. The summed E-state index contributed by atoms with van der Waals surface area (Å²) in [6.45, 7) is 4.20. The molecule has 2 aromatic carbocycles. The van der Waals surface area contributed by atoms with E-state index in [-0.39, 0.29) is 4.90 Å². The molecule has 0 N–H and O–H groups in total. The van der Waals surface area contributed by atoms with Crippen LogP contribution in [-0.4, -0.2) is 8.42 Å². The van der Waals surface area contributed by atoms with E-state index < -0.39 is 10.1 Å². The summed E-state index contributed by atoms with van der Waals surface area (Å²) in [7, 11) is -3.76. The minimum absolute atomic E-state index is 0.161. The van der Waals surface area contributed by atoms with Gasteiger partial charge in [0.25, 0.3) is 0 Å². The zero-order valence-electron chi connectivity index (χ0n) is 11.6. The van der Waals surface area contributed by atoms with Gasteiger partial charge >= 0.3 is 10.1 Å². The molecule has 0 spiro atoms. The molecular weight excluding hydrogens is 272 g/mol. The van der Waals surface area contributed by atoms with Crippen LogP contribution in [0.3, 0.4) is 0 Å². The highest BCUT2D eigenvalue weighted by atomic mass is 32.2. The van der Waals surface area contributed by atoms with E-state index >= 15 is 0 Å². The van der Waals surface area contributed by atoms with Gasteiger partial charge in [-0.1, -0.05) is 44.2 Å². The number of benzene rings is 2. The highest BCUT2D eigenvalue weighted by molar-refractivity contribution is 7.87. The Hall–Kier alpha value is -1.81. The molecule has 0 aromatic heterocycles. The van der Waals surface area contributed by atoms with Crippen LogP contribution in [0.5, 0.6) is 5.75 Å². The number of hydrogen-bond acceptors (Lipinski definition) is 3. The van der Waals surface area contributed by atoms with Crippen molar-refractivity contribution < 1.29 is 12.6 Å². The van der Waals surface area contributed by atoms with Crippen molar-refractivity contribution in [3.05, 3.63) is 60.2 Å². The first-order valence-electron chi connectivity index (χ1n) is 6.62. The predicted octanol–water partition coefficient (Wildman–Crippen LogP) is 3.97. The van der Waals surface area contributed by atoms with Gasteiger partial charge in [0, 0.05) is 0 Å². The summed E-state index contributed by atoms with van der Waals surface area (Å²) in [5, 5.41) is 0. The van der Waals surface area contributed by atoms with Gasteiger partial charge in [-0.05, 0) is 42.2 Å². The van der Waals surface area contributed by atoms with Gasteiger partial charge in [0.2, 0.25) is 0 Å². The molecule has 20 heavy (non-hydrogen) atoms. The van der Waals surface area contributed by atoms with Crippen LogP contribution in [0.15, 0.2) is 59.5 Å². The van der Waals surface area contributed by atoms with Gasteiger partial charge in [-0.3, -0.25) is 0 Å². The van der Waals surface area contributed by atoms with E-state index in [1.165, 1.54) is 12.1 Å². The van der Waals surface area contributed by atoms with Crippen molar-refractivity contribution >= 4 is 10.1 Å². The Balaban J connectivity index is 2.26. The number of hydrogen-bond donors (Lipinski definition) is 0. The molecule has 0 radical (unpaired) electrons. The lowest BCUT2D eigenvalue weighted by atomic mass is 9.99. The van der Waals surface area contributed by atoms with Crippen LogP contribution in [0.25, 0.3) is 0 Å². The normalized spacial score (nSPS) is 12.9. The summed E-state index contributed by atoms with van der Waals surface area (Å²) < 4.78 is 29.5. The van der Waals surface area contributed by atoms with Crippen molar-refractivity contribution in [2.45, 2.75) is 31.1 Å². The molecule has 4 heteroatoms. The molecule has 0 saturated heterocycles. The van der Waals surface area contributed by atoms with Gasteiger partial charge in [0.15, 0.2) is 0 Å². The smallest absolute Gasteiger partial charge is 0.339 e. The molecule has 3 nitrogen and oxygen atoms in total. The third-order valence-corrected chi connectivity index (χ3v) is 4.54. The van der Waals surface area contributed by atoms with Crippen LogP contribution in [0, 0.1) is 0 Å². The summed E-state index contributed by atoms with van der Waals surface area (Å²) in [6.07, 6.45) is 0.995. The summed E-state index contributed by atoms with van der Waals surface area (Å²) in [5.41, 5.74) is 1.08. The van der Waals surface area contributed by atoms with Crippen LogP contribution in [0.2, 0.25) is 0 Å². The molecule has 0 aliphatic heterocycles. The van der Waals surface area contributed by atoms with Crippen LogP contribution < -0.4 is 4.18 Å². The molecule has 0 aliphatic rings. The quantitative estimate of drug-likeness (QED) is 0.783. The zero-order chi connectivity index (χ0) is 14.6. The summed E-state index contributed by atoms with van der Waals surface area (Å²) in [6, 6.07) is 15.4. The lowest BCUT2D eigenvalue weighted by Gasteiger charge is -2.11. The van der Waals surface area contributed by atoms with Gasteiger partial charge < -0.3 is 4.18 Å². The Morgan fingerprint density at radius 1 is 1.05 bits per heavy atom. The van der Waals surface area contributed by atoms with Crippen molar-refractivity contribution in [2.75, 3.05) is 0 Å². The lowest BCUT2D eigenvalue weighted by molar-refractivity contribution is 0.485. The van der Waals surface area contributed by atoms with E-state index in [0.29, 0.717) is 11.7 Å². The molecule has 0 fully saturated rings. The first-order valence-corrected chi connectivity index (χ1v) is 8.03. The lowest BCUT2D eigenvalue weighted by Crippen LogP contribution is -2.09. The minimum atomic E-state index is -3.76. The Morgan fingerprint density at radius 2 is 1.75 bits per heavy atom. The maximum atomic E-state index is 12.1. The zero-order valence-corrected chi connectivity index (χ0v) is 12.4. The third-order valence-electron chi connectivity index (χ3n) is 3.28. The van der Waals surface area contributed by atoms with Gasteiger partial charge in [0.1, 0.15) is 10.6 Å². The SMILES string of the molecule is CCC(C)c1cccc(OS(=O)(=O)c2ccccc2)c1. The first kappa shape index (κ1) is 14.6. The molecular formula is C16H18O3S. The molecule has 0 saturated carbocycles. The summed E-state index contributed by atoms with van der Waals surface area (Å²) in [5.74, 6) is 0.727. The number of rotatable bonds is 5. The third kappa shape index (κ3) is 3.39. The van der Waals surface area contributed by atoms with Crippen molar-refractivity contribution in [3.8, 4) is 5.75 Å². The van der Waals surface area contributed by atoms with Crippen molar-refractivity contribution in [1.29, 1.82) is 0 Å². The second-order valence-electron chi connectivity index (χ2n) is 4.73. The van der Waals surface area contributed by atoms with E-state index in [4.69, 9.17) is 4.18 Å². The van der Waals surface area contributed by atoms with Crippen LogP contribution in [-0.2, 0) is 10.1 Å². The molecule has 0 aliphatic carbocycles. The Bertz CT molecular complexity index is 663. The van der Waals surface area contributed by atoms with Gasteiger partial charge in [-0.2, -0.15) is 8.42 Å². The van der Waals surface area contributed by atoms with Gasteiger partial charge in [-0.25, -0.2) is 0 Å². The molecule has 2 aromatic rings. The maximum Gasteiger partial charge on any atom is 0.339 e. The average Bonchev–Trinajstić information content (AvgIpc) is 2.47. The van der Waals surface area contributed by atoms with Crippen molar-refractivity contribution in [3.63, 3.8) is 0 Å². The van der Waals surface area contributed by atoms with E-state index in [1.807, 2.05) is 12.1 Å². The molecule has 0 amide bonds. The maximum absolute atomic E-state index is 12.1. The fraction of sp³-hybridized carbons (Fsp3) is 0.250. The Kier molecular flexibility index (Phi) is 4.45. The van der Waals surface area contributed by atoms with Crippen LogP contribution in [0.1, 0.15) is 31.7 Å². The topological polar surface area (TPSA) is 43.4 Å². The first-order chi connectivity index (χ1) is 9.53. The molecule has 1 unspecified atom stereocenters. The van der Waals surface area contributed by atoms with E-state index in [1.54, 1.807) is 30.3 Å². The fourth-order valence-electron chi connectivity index (χ4n) is 1.87. The Labute approximate surface area is 120 Å². The largest absolute Gasteiger partial charge is 0.379 e. The van der Waals surface area contributed by atoms with Gasteiger partial charge in [0.05, 0.1) is 0 Å². The van der Waals surface area contributed by atoms with E-state index in [9.17, 15) is 8.42 Å². The summed E-state index contributed by atoms with van der Waals surface area (Å²) in [4.78, 5) is 0.161. The summed E-state index contributed by atoms with van der Waals surface area (Å²) >= 11 is 0. The van der Waals surface area contributed by atoms with E-state index in [2.05, 4.69) is 13.8 Å². The standard InChI is InChI=1S/C16H18O3S/c1-3-13(2)14-8-7-9-15(12-14)19-20(17,18)16-10-5-4-6-11-16/h4-13H,3H2,1-2H3. The Morgan fingerprint density at radius 3 is 2.40 bits per heavy atom. The fourth-order valence-corrected chi connectivity index (χ4v) is 2.81. The second kappa shape index (κ2) is 6.09. The van der Waals surface area contributed by atoms with Gasteiger partial charge in [-0.15, -0.1) is 0 Å².